The second kappa shape index (κ2) is 7.26. The molecule has 0 aromatic carbocycles. The van der Waals surface area contributed by atoms with E-state index in [1.165, 1.54) is 42.3 Å². The third-order valence-electron chi connectivity index (χ3n) is 3.38. The van der Waals surface area contributed by atoms with Gasteiger partial charge in [0.15, 0.2) is 5.54 Å². The molecule has 24 heavy (non-hydrogen) atoms. The van der Waals surface area contributed by atoms with Crippen molar-refractivity contribution < 1.29 is 19.5 Å². The fourth-order valence-electron chi connectivity index (χ4n) is 1.80. The lowest BCUT2D eigenvalue weighted by Crippen LogP contribution is -2.35. The summed E-state index contributed by atoms with van der Waals surface area (Å²) < 4.78 is 1.27. The van der Waals surface area contributed by atoms with Gasteiger partial charge in [0, 0.05) is 30.1 Å². The number of carboxylic acid groups (broad SMARTS) is 1. The van der Waals surface area contributed by atoms with Crippen molar-refractivity contribution >= 4 is 34.8 Å². The molecule has 128 valence electrons. The summed E-state index contributed by atoms with van der Waals surface area (Å²) in [6.07, 6.45) is 2.94. The summed E-state index contributed by atoms with van der Waals surface area (Å²) in [5.74, 6) is -1.55. The van der Waals surface area contributed by atoms with Crippen LogP contribution in [0.2, 0.25) is 0 Å². The number of nitrogens with one attached hydrogen (secondary N) is 2. The number of hydrogen-bond donors (Lipinski definition) is 3. The fourth-order valence-corrected chi connectivity index (χ4v) is 2.44. The van der Waals surface area contributed by atoms with Gasteiger partial charge in [-0.05, 0) is 25.3 Å². The van der Waals surface area contributed by atoms with Gasteiger partial charge in [-0.3, -0.25) is 14.3 Å². The maximum absolute atomic E-state index is 11.9. The molecule has 0 saturated carbocycles. The second-order valence-corrected chi connectivity index (χ2v) is 6.38. The van der Waals surface area contributed by atoms with E-state index in [-0.39, 0.29) is 24.8 Å². The van der Waals surface area contributed by atoms with Gasteiger partial charge in [0.1, 0.15) is 0 Å². The number of thiophene rings is 1. The van der Waals surface area contributed by atoms with Gasteiger partial charge >= 0.3 is 5.97 Å². The zero-order chi connectivity index (χ0) is 17.7. The monoisotopic (exact) mass is 350 g/mol. The minimum atomic E-state index is -1.21. The minimum Gasteiger partial charge on any atom is -0.479 e. The first-order valence-electron chi connectivity index (χ1n) is 7.19. The van der Waals surface area contributed by atoms with Crippen LogP contribution in [-0.4, -0.2) is 39.2 Å². The van der Waals surface area contributed by atoms with Gasteiger partial charge < -0.3 is 15.7 Å². The number of aliphatic carboxylic acids is 1. The number of amides is 2. The number of carboxylic acids is 1. The molecule has 0 bridgehead atoms. The molecule has 0 spiro atoms. The summed E-state index contributed by atoms with van der Waals surface area (Å²) in [5.41, 5.74) is -0.242. The van der Waals surface area contributed by atoms with Crippen LogP contribution in [0.3, 0.4) is 0 Å². The van der Waals surface area contributed by atoms with E-state index >= 15 is 0 Å². The molecule has 0 saturated heterocycles. The zero-order valence-corrected chi connectivity index (χ0v) is 14.1. The van der Waals surface area contributed by atoms with Crippen LogP contribution in [-0.2, 0) is 15.1 Å². The summed E-state index contributed by atoms with van der Waals surface area (Å²) in [6.45, 7) is 3.22. The maximum Gasteiger partial charge on any atom is 0.331 e. The predicted octanol–water partition coefficient (Wildman–Crippen LogP) is 1.52. The highest BCUT2D eigenvalue weighted by Crippen LogP contribution is 2.17. The molecule has 2 rings (SSSR count). The lowest BCUT2D eigenvalue weighted by molar-refractivity contribution is -0.146. The van der Waals surface area contributed by atoms with Crippen molar-refractivity contribution in [1.82, 2.24) is 15.1 Å². The largest absolute Gasteiger partial charge is 0.479 e. The Labute approximate surface area is 142 Å². The first-order chi connectivity index (χ1) is 11.3. The second-order valence-electron chi connectivity index (χ2n) is 5.60. The van der Waals surface area contributed by atoms with Gasteiger partial charge in [-0.1, -0.05) is 0 Å². The third kappa shape index (κ3) is 4.19. The first kappa shape index (κ1) is 17.7. The minimum absolute atomic E-state index is 0.101. The number of carbonyl (C=O) groups excluding carboxylic acids is 2. The quantitative estimate of drug-likeness (QED) is 0.701. The van der Waals surface area contributed by atoms with E-state index in [1.54, 1.807) is 16.8 Å². The van der Waals surface area contributed by atoms with Crippen molar-refractivity contribution in [1.29, 1.82) is 0 Å². The molecule has 0 aliphatic carbocycles. The Morgan fingerprint density at radius 1 is 1.38 bits per heavy atom. The molecule has 0 unspecified atom stereocenters. The van der Waals surface area contributed by atoms with Crippen LogP contribution < -0.4 is 10.6 Å². The van der Waals surface area contributed by atoms with Crippen LogP contribution in [0.15, 0.2) is 29.2 Å². The van der Waals surface area contributed by atoms with E-state index < -0.39 is 11.5 Å². The van der Waals surface area contributed by atoms with E-state index in [4.69, 9.17) is 5.11 Å². The predicted molar refractivity (Wildman–Crippen MR) is 89.1 cm³/mol. The third-order valence-corrected chi connectivity index (χ3v) is 4.07. The van der Waals surface area contributed by atoms with E-state index in [0.717, 1.165) is 0 Å². The van der Waals surface area contributed by atoms with Gasteiger partial charge in [0.05, 0.1) is 11.9 Å². The molecule has 0 atom stereocenters. The van der Waals surface area contributed by atoms with Crippen molar-refractivity contribution in [2.45, 2.75) is 25.8 Å². The normalized spacial score (nSPS) is 11.1. The van der Waals surface area contributed by atoms with E-state index in [1.807, 2.05) is 0 Å². The summed E-state index contributed by atoms with van der Waals surface area (Å²) >= 11 is 1.42. The summed E-state index contributed by atoms with van der Waals surface area (Å²) in [6, 6.07) is 1.71. The van der Waals surface area contributed by atoms with Gasteiger partial charge in [0.2, 0.25) is 5.91 Å². The van der Waals surface area contributed by atoms with Gasteiger partial charge in [-0.2, -0.15) is 16.4 Å². The van der Waals surface area contributed by atoms with Crippen LogP contribution in [0.4, 0.5) is 5.69 Å². The highest BCUT2D eigenvalue weighted by Gasteiger charge is 2.30. The Bertz CT molecular complexity index is 737. The van der Waals surface area contributed by atoms with Crippen LogP contribution in [0.5, 0.6) is 0 Å². The van der Waals surface area contributed by atoms with E-state index in [0.29, 0.717) is 11.3 Å². The number of carbonyl (C=O) groups is 3. The molecule has 3 N–H and O–H groups in total. The van der Waals surface area contributed by atoms with E-state index in [2.05, 4.69) is 15.7 Å². The molecule has 9 heteroatoms. The number of anilines is 1. The van der Waals surface area contributed by atoms with Crippen LogP contribution in [0.1, 0.15) is 30.6 Å². The molecule has 2 aromatic heterocycles. The van der Waals surface area contributed by atoms with Gasteiger partial charge in [-0.15, -0.1) is 0 Å². The Balaban J connectivity index is 1.82. The van der Waals surface area contributed by atoms with Crippen molar-refractivity contribution in [3.05, 3.63) is 34.8 Å². The number of nitrogens with zero attached hydrogens (tertiary/aromatic N) is 2. The highest BCUT2D eigenvalue weighted by atomic mass is 32.1. The first-order valence-corrected chi connectivity index (χ1v) is 8.14. The maximum atomic E-state index is 11.9. The van der Waals surface area contributed by atoms with Crippen molar-refractivity contribution in [2.24, 2.45) is 0 Å². The van der Waals surface area contributed by atoms with Crippen molar-refractivity contribution in [3.63, 3.8) is 0 Å². The lowest BCUT2D eigenvalue weighted by atomic mass is 10.1. The molecule has 0 aliphatic rings. The molecule has 0 radical (unpaired) electrons. The number of rotatable bonds is 7. The lowest BCUT2D eigenvalue weighted by Gasteiger charge is -2.19. The molecule has 2 amide bonds. The van der Waals surface area contributed by atoms with Gasteiger partial charge in [-0.25, -0.2) is 4.79 Å². The Morgan fingerprint density at radius 2 is 2.12 bits per heavy atom. The molecular weight excluding hydrogens is 332 g/mol. The summed E-state index contributed by atoms with van der Waals surface area (Å²) in [4.78, 5) is 34.7. The standard InChI is InChI=1S/C15H18N4O4S/c1-15(2,14(22)23)19-8-11(7-17-19)18-12(20)3-5-16-13(21)10-4-6-24-9-10/h4,6-9H,3,5H2,1-2H3,(H,16,21)(H,18,20)(H,22,23). The van der Waals surface area contributed by atoms with Crippen LogP contribution >= 0.6 is 11.3 Å². The van der Waals surface area contributed by atoms with Crippen molar-refractivity contribution in [2.75, 3.05) is 11.9 Å². The Morgan fingerprint density at radius 3 is 2.75 bits per heavy atom. The molecule has 8 nitrogen and oxygen atoms in total. The summed E-state index contributed by atoms with van der Waals surface area (Å²) in [7, 11) is 0. The fraction of sp³-hybridized carbons (Fsp3) is 0.333. The smallest absolute Gasteiger partial charge is 0.331 e. The SMILES string of the molecule is CC(C)(C(=O)O)n1cc(NC(=O)CCNC(=O)c2ccsc2)cn1. The topological polar surface area (TPSA) is 113 Å². The molecule has 0 aliphatic heterocycles. The summed E-state index contributed by atoms with van der Waals surface area (Å²) in [5, 5.41) is 21.9. The van der Waals surface area contributed by atoms with Crippen LogP contribution in [0.25, 0.3) is 0 Å². The highest BCUT2D eigenvalue weighted by molar-refractivity contribution is 7.08. The Hall–Kier alpha value is -2.68. The van der Waals surface area contributed by atoms with Crippen molar-refractivity contribution in [3.8, 4) is 0 Å². The molecule has 2 aromatic rings. The average Bonchev–Trinajstić information content (AvgIpc) is 3.18. The Kier molecular flexibility index (Phi) is 5.35. The average molecular weight is 350 g/mol. The number of aromatic nitrogens is 2. The van der Waals surface area contributed by atoms with Crippen LogP contribution in [0, 0.1) is 0 Å². The number of hydrogen-bond acceptors (Lipinski definition) is 5. The van der Waals surface area contributed by atoms with Gasteiger partial charge in [0.25, 0.3) is 5.91 Å². The molecule has 2 heterocycles. The molecular formula is C15H18N4O4S. The zero-order valence-electron chi connectivity index (χ0n) is 13.3. The molecule has 0 fully saturated rings. The van der Waals surface area contributed by atoms with E-state index in [9.17, 15) is 14.4 Å².